The van der Waals surface area contributed by atoms with Gasteiger partial charge >= 0.3 is 0 Å². The van der Waals surface area contributed by atoms with Crippen LogP contribution >= 0.6 is 11.8 Å². The third-order valence-corrected chi connectivity index (χ3v) is 2.83. The molecule has 2 N–H and O–H groups in total. The minimum absolute atomic E-state index is 0.0277. The highest BCUT2D eigenvalue weighted by Gasteiger charge is 2.05. The number of nitrogens with one attached hydrogen (secondary N) is 2. The van der Waals surface area contributed by atoms with Crippen LogP contribution in [-0.2, 0) is 9.59 Å². The van der Waals surface area contributed by atoms with Gasteiger partial charge in [-0.15, -0.1) is 11.8 Å². The topological polar surface area (TPSA) is 58.2 Å². The minimum Gasteiger partial charge on any atom is -0.356 e. The first-order chi connectivity index (χ1) is 8.51. The summed E-state index contributed by atoms with van der Waals surface area (Å²) in [7, 11) is 0. The van der Waals surface area contributed by atoms with E-state index in [-0.39, 0.29) is 11.8 Å². The summed E-state index contributed by atoms with van der Waals surface area (Å²) < 4.78 is 0. The number of hydrogen-bond donors (Lipinski definition) is 2. The minimum atomic E-state index is -0.0676. The van der Waals surface area contributed by atoms with Gasteiger partial charge in [-0.3, -0.25) is 9.59 Å². The first kappa shape index (κ1) is 19.4. The van der Waals surface area contributed by atoms with E-state index >= 15 is 0 Å². The van der Waals surface area contributed by atoms with Gasteiger partial charge in [-0.2, -0.15) is 0 Å². The van der Waals surface area contributed by atoms with Gasteiger partial charge in [0.15, 0.2) is 0 Å². The van der Waals surface area contributed by atoms with Gasteiger partial charge in [0.1, 0.15) is 0 Å². The molecule has 0 atom stereocenters. The molecule has 4 nitrogen and oxygen atoms in total. The normalized spacial score (nSPS) is 8.78. The maximum atomic E-state index is 11.5. The van der Waals surface area contributed by atoms with E-state index < -0.39 is 0 Å². The standard InChI is InChI=1S/C11H20N2O2S.C2H6/c1-5-9(14)12-7-6-10(15)13-11(16-4)8(2)3;1-2/h5-7H2,1-4H3,(H,12,14)(H,13,15);1-2H3. The molecular weight excluding hydrogens is 248 g/mol. The number of thioether (sulfide) groups is 1. The van der Waals surface area contributed by atoms with Gasteiger partial charge in [0.05, 0.1) is 5.03 Å². The third kappa shape index (κ3) is 10.2. The molecule has 0 saturated heterocycles. The molecule has 0 aliphatic rings. The number of carbonyl (C=O) groups is 2. The van der Waals surface area contributed by atoms with Gasteiger partial charge in [-0.25, -0.2) is 0 Å². The highest BCUT2D eigenvalue weighted by atomic mass is 32.2. The van der Waals surface area contributed by atoms with Gasteiger partial charge in [-0.1, -0.05) is 20.8 Å². The molecule has 2 amide bonds. The van der Waals surface area contributed by atoms with Crippen LogP contribution in [-0.4, -0.2) is 24.6 Å². The van der Waals surface area contributed by atoms with E-state index in [9.17, 15) is 9.59 Å². The van der Waals surface area contributed by atoms with Crippen LogP contribution in [0.1, 0.15) is 47.5 Å². The van der Waals surface area contributed by atoms with Crippen LogP contribution < -0.4 is 10.6 Å². The van der Waals surface area contributed by atoms with Crippen molar-refractivity contribution >= 4 is 23.6 Å². The molecule has 5 heteroatoms. The molecule has 0 radical (unpaired) electrons. The zero-order valence-corrected chi connectivity index (χ0v) is 13.2. The first-order valence-electron chi connectivity index (χ1n) is 6.29. The summed E-state index contributed by atoms with van der Waals surface area (Å²) in [4.78, 5) is 22.4. The quantitative estimate of drug-likeness (QED) is 0.783. The number of allylic oxidation sites excluding steroid dienone is 1. The highest BCUT2D eigenvalue weighted by molar-refractivity contribution is 8.02. The monoisotopic (exact) mass is 274 g/mol. The van der Waals surface area contributed by atoms with Crippen molar-refractivity contribution in [1.82, 2.24) is 10.6 Å². The molecule has 0 aromatic carbocycles. The van der Waals surface area contributed by atoms with Crippen LogP contribution in [0.15, 0.2) is 10.6 Å². The molecule has 0 spiro atoms. The van der Waals surface area contributed by atoms with E-state index in [1.807, 2.05) is 34.0 Å². The van der Waals surface area contributed by atoms with Crippen molar-refractivity contribution in [3.05, 3.63) is 10.6 Å². The highest BCUT2D eigenvalue weighted by Crippen LogP contribution is 2.12. The smallest absolute Gasteiger partial charge is 0.226 e. The fraction of sp³-hybridized carbons (Fsp3) is 0.692. The molecule has 0 heterocycles. The van der Waals surface area contributed by atoms with E-state index in [1.54, 1.807) is 6.92 Å². The van der Waals surface area contributed by atoms with Crippen molar-refractivity contribution in [3.8, 4) is 0 Å². The maximum Gasteiger partial charge on any atom is 0.226 e. The summed E-state index contributed by atoms with van der Waals surface area (Å²) >= 11 is 1.51. The average Bonchev–Trinajstić information content (AvgIpc) is 2.37. The van der Waals surface area contributed by atoms with E-state index in [2.05, 4.69) is 10.6 Å². The van der Waals surface area contributed by atoms with Crippen molar-refractivity contribution in [2.75, 3.05) is 12.8 Å². The Morgan fingerprint density at radius 1 is 1.11 bits per heavy atom. The zero-order chi connectivity index (χ0) is 14.6. The lowest BCUT2D eigenvalue weighted by molar-refractivity contribution is -0.121. The Hall–Kier alpha value is -0.970. The Labute approximate surface area is 115 Å². The van der Waals surface area contributed by atoms with Crippen LogP contribution in [0.4, 0.5) is 0 Å². The molecule has 0 aliphatic carbocycles. The van der Waals surface area contributed by atoms with E-state index in [1.165, 1.54) is 11.8 Å². The predicted molar refractivity (Wildman–Crippen MR) is 79.3 cm³/mol. The second kappa shape index (κ2) is 12.5. The molecule has 0 aromatic rings. The molecule has 0 saturated carbocycles. The fourth-order valence-electron chi connectivity index (χ4n) is 1.01. The zero-order valence-electron chi connectivity index (χ0n) is 12.3. The summed E-state index contributed by atoms with van der Waals surface area (Å²) in [6, 6.07) is 0. The first-order valence-corrected chi connectivity index (χ1v) is 7.51. The fourth-order valence-corrected chi connectivity index (χ4v) is 1.63. The second-order valence-corrected chi connectivity index (χ2v) is 4.35. The van der Waals surface area contributed by atoms with Gasteiger partial charge in [-0.05, 0) is 25.7 Å². The Morgan fingerprint density at radius 3 is 2.06 bits per heavy atom. The molecule has 0 unspecified atom stereocenters. The largest absolute Gasteiger partial charge is 0.356 e. The molecular formula is C13H26N2O2S. The van der Waals surface area contributed by atoms with Crippen molar-refractivity contribution in [2.24, 2.45) is 0 Å². The SMILES string of the molecule is CC.CCC(=O)NCCC(=O)NC(SC)=C(C)C. The maximum absolute atomic E-state index is 11.5. The van der Waals surface area contributed by atoms with Crippen LogP contribution in [0.2, 0.25) is 0 Å². The lowest BCUT2D eigenvalue weighted by Gasteiger charge is -2.09. The van der Waals surface area contributed by atoms with E-state index in [0.29, 0.717) is 19.4 Å². The van der Waals surface area contributed by atoms with Gasteiger partial charge < -0.3 is 10.6 Å². The van der Waals surface area contributed by atoms with Crippen molar-refractivity contribution in [3.63, 3.8) is 0 Å². The molecule has 106 valence electrons. The lowest BCUT2D eigenvalue weighted by Crippen LogP contribution is -2.29. The van der Waals surface area contributed by atoms with Crippen LogP contribution in [0.3, 0.4) is 0 Å². The molecule has 0 bridgehead atoms. The lowest BCUT2D eigenvalue weighted by atomic mass is 10.3. The Morgan fingerprint density at radius 2 is 1.67 bits per heavy atom. The van der Waals surface area contributed by atoms with Crippen LogP contribution in [0, 0.1) is 0 Å². The summed E-state index contributed by atoms with van der Waals surface area (Å²) in [6.07, 6.45) is 2.68. The summed E-state index contributed by atoms with van der Waals surface area (Å²) in [6.45, 7) is 10.1. The third-order valence-electron chi connectivity index (χ3n) is 1.91. The van der Waals surface area contributed by atoms with Gasteiger partial charge in [0, 0.05) is 19.4 Å². The van der Waals surface area contributed by atoms with Crippen LogP contribution in [0.5, 0.6) is 0 Å². The Balaban J connectivity index is 0. The number of amides is 2. The molecule has 18 heavy (non-hydrogen) atoms. The van der Waals surface area contributed by atoms with Gasteiger partial charge in [0.2, 0.25) is 11.8 Å². The summed E-state index contributed by atoms with van der Waals surface area (Å²) in [5.74, 6) is -0.0953. The van der Waals surface area contributed by atoms with Crippen molar-refractivity contribution in [2.45, 2.75) is 47.5 Å². The van der Waals surface area contributed by atoms with Gasteiger partial charge in [0.25, 0.3) is 0 Å². The predicted octanol–water partition coefficient (Wildman–Crippen LogP) is 2.66. The Kier molecular flexibility index (Phi) is 13.4. The number of hydrogen-bond acceptors (Lipinski definition) is 3. The molecule has 0 aliphatic heterocycles. The van der Waals surface area contributed by atoms with E-state index in [0.717, 1.165) is 10.6 Å². The Bertz CT molecular complexity index is 285. The summed E-state index contributed by atoms with van der Waals surface area (Å²) in [5.41, 5.74) is 1.08. The average molecular weight is 274 g/mol. The van der Waals surface area contributed by atoms with Crippen molar-refractivity contribution in [1.29, 1.82) is 0 Å². The molecule has 0 fully saturated rings. The van der Waals surface area contributed by atoms with Crippen molar-refractivity contribution < 1.29 is 9.59 Å². The molecule has 0 rings (SSSR count). The molecule has 0 aromatic heterocycles. The number of carbonyl (C=O) groups excluding carboxylic acids is 2. The summed E-state index contributed by atoms with van der Waals surface area (Å²) in [5, 5.41) is 6.35. The second-order valence-electron chi connectivity index (χ2n) is 3.53. The van der Waals surface area contributed by atoms with E-state index in [4.69, 9.17) is 0 Å². The number of rotatable bonds is 6. The van der Waals surface area contributed by atoms with Crippen LogP contribution in [0.25, 0.3) is 0 Å².